The number of hydrogen-bond donors (Lipinski definition) is 1. The summed E-state index contributed by atoms with van der Waals surface area (Å²) in [6.45, 7) is 2.45. The lowest BCUT2D eigenvalue weighted by molar-refractivity contribution is -0.143. The number of carbonyl (C=O) groups is 3. The van der Waals surface area contributed by atoms with E-state index in [1.807, 2.05) is 6.92 Å². The van der Waals surface area contributed by atoms with Crippen LogP contribution in [0, 0.1) is 0 Å². The lowest BCUT2D eigenvalue weighted by Gasteiger charge is -2.18. The zero-order valence-corrected chi connectivity index (χ0v) is 17.3. The SMILES string of the molecule is CCC(=O)N1CCc2cc(C(=O)NC(C(=O)OC)c3ccc(Br)cc3)ccc21. The van der Waals surface area contributed by atoms with Crippen molar-refractivity contribution in [1.29, 1.82) is 0 Å². The van der Waals surface area contributed by atoms with Crippen molar-refractivity contribution in [3.63, 3.8) is 0 Å². The second-order valence-electron chi connectivity index (χ2n) is 6.47. The number of fused-ring (bicyclic) bond motifs is 1. The van der Waals surface area contributed by atoms with Crippen LogP contribution in [-0.4, -0.2) is 31.4 Å². The first-order chi connectivity index (χ1) is 13.4. The van der Waals surface area contributed by atoms with Gasteiger partial charge in [0.25, 0.3) is 5.91 Å². The monoisotopic (exact) mass is 444 g/mol. The Balaban J connectivity index is 1.82. The van der Waals surface area contributed by atoms with Gasteiger partial charge in [0.2, 0.25) is 5.91 Å². The summed E-state index contributed by atoms with van der Waals surface area (Å²) in [7, 11) is 1.29. The molecule has 0 saturated heterocycles. The van der Waals surface area contributed by atoms with E-state index in [-0.39, 0.29) is 11.8 Å². The van der Waals surface area contributed by atoms with E-state index in [9.17, 15) is 14.4 Å². The first-order valence-corrected chi connectivity index (χ1v) is 9.81. The summed E-state index contributed by atoms with van der Waals surface area (Å²) >= 11 is 3.35. The van der Waals surface area contributed by atoms with Crippen LogP contribution in [0.2, 0.25) is 0 Å². The molecule has 0 bridgehead atoms. The van der Waals surface area contributed by atoms with Gasteiger partial charge in [-0.3, -0.25) is 9.59 Å². The van der Waals surface area contributed by atoms with Gasteiger partial charge < -0.3 is 15.0 Å². The van der Waals surface area contributed by atoms with Gasteiger partial charge in [0.1, 0.15) is 0 Å². The normalized spacial score (nSPS) is 13.6. The Morgan fingerprint density at radius 1 is 1.18 bits per heavy atom. The van der Waals surface area contributed by atoms with E-state index < -0.39 is 12.0 Å². The van der Waals surface area contributed by atoms with Gasteiger partial charge in [0.05, 0.1) is 7.11 Å². The predicted molar refractivity (Wildman–Crippen MR) is 109 cm³/mol. The highest BCUT2D eigenvalue weighted by Gasteiger charge is 2.27. The van der Waals surface area contributed by atoms with E-state index in [1.165, 1.54) is 7.11 Å². The number of carbonyl (C=O) groups excluding carboxylic acids is 3. The highest BCUT2D eigenvalue weighted by Crippen LogP contribution is 2.29. The lowest BCUT2D eigenvalue weighted by Crippen LogP contribution is -2.34. The number of nitrogens with one attached hydrogen (secondary N) is 1. The van der Waals surface area contributed by atoms with E-state index in [1.54, 1.807) is 47.4 Å². The fourth-order valence-electron chi connectivity index (χ4n) is 3.26. The van der Waals surface area contributed by atoms with Crippen molar-refractivity contribution < 1.29 is 19.1 Å². The molecule has 7 heteroatoms. The maximum absolute atomic E-state index is 12.8. The van der Waals surface area contributed by atoms with Crippen LogP contribution in [0.3, 0.4) is 0 Å². The van der Waals surface area contributed by atoms with Crippen molar-refractivity contribution >= 4 is 39.4 Å². The molecular formula is C21H21BrN2O4. The quantitative estimate of drug-likeness (QED) is 0.716. The first-order valence-electron chi connectivity index (χ1n) is 9.02. The van der Waals surface area contributed by atoms with E-state index in [0.29, 0.717) is 30.5 Å². The lowest BCUT2D eigenvalue weighted by atomic mass is 10.0. The Morgan fingerprint density at radius 2 is 1.89 bits per heavy atom. The van der Waals surface area contributed by atoms with E-state index in [2.05, 4.69) is 21.2 Å². The summed E-state index contributed by atoms with van der Waals surface area (Å²) in [5, 5.41) is 2.75. The molecule has 0 aromatic heterocycles. The molecule has 1 N–H and O–H groups in total. The van der Waals surface area contributed by atoms with Crippen LogP contribution in [0.4, 0.5) is 5.69 Å². The Labute approximate surface area is 172 Å². The van der Waals surface area contributed by atoms with E-state index in [4.69, 9.17) is 4.74 Å². The van der Waals surface area contributed by atoms with Gasteiger partial charge in [-0.25, -0.2) is 4.79 Å². The number of methoxy groups -OCH3 is 1. The van der Waals surface area contributed by atoms with Crippen molar-refractivity contribution in [3.8, 4) is 0 Å². The van der Waals surface area contributed by atoms with Gasteiger partial charge in [-0.1, -0.05) is 35.0 Å². The van der Waals surface area contributed by atoms with Crippen molar-refractivity contribution in [1.82, 2.24) is 5.32 Å². The second kappa shape index (κ2) is 8.56. The molecule has 6 nitrogen and oxygen atoms in total. The number of esters is 1. The number of nitrogens with zero attached hydrogens (tertiary/aromatic N) is 1. The van der Waals surface area contributed by atoms with Crippen LogP contribution in [-0.2, 0) is 20.7 Å². The molecule has 0 saturated carbocycles. The zero-order valence-electron chi connectivity index (χ0n) is 15.7. The molecule has 1 atom stereocenters. The number of rotatable bonds is 5. The van der Waals surface area contributed by atoms with Crippen LogP contribution in [0.15, 0.2) is 46.9 Å². The van der Waals surface area contributed by atoms with Crippen molar-refractivity contribution in [2.45, 2.75) is 25.8 Å². The number of halogens is 1. The van der Waals surface area contributed by atoms with E-state index in [0.717, 1.165) is 15.7 Å². The molecule has 2 aromatic rings. The minimum atomic E-state index is -0.906. The van der Waals surface area contributed by atoms with Crippen LogP contribution < -0.4 is 10.2 Å². The summed E-state index contributed by atoms with van der Waals surface area (Å²) in [5.74, 6) is -0.852. The van der Waals surface area contributed by atoms with Crippen LogP contribution in [0.25, 0.3) is 0 Å². The molecule has 1 aliphatic rings. The highest BCUT2D eigenvalue weighted by molar-refractivity contribution is 9.10. The summed E-state index contributed by atoms with van der Waals surface area (Å²) in [5.41, 5.74) is 2.87. The van der Waals surface area contributed by atoms with Crippen LogP contribution in [0.5, 0.6) is 0 Å². The van der Waals surface area contributed by atoms with Gasteiger partial charge in [-0.15, -0.1) is 0 Å². The number of hydrogen-bond acceptors (Lipinski definition) is 4. The van der Waals surface area contributed by atoms with Crippen LogP contribution in [0.1, 0.15) is 40.9 Å². The summed E-state index contributed by atoms with van der Waals surface area (Å²) in [6.07, 6.45) is 1.14. The average Bonchev–Trinajstić information content (AvgIpc) is 3.14. The maximum atomic E-state index is 12.8. The fourth-order valence-corrected chi connectivity index (χ4v) is 3.52. The second-order valence-corrected chi connectivity index (χ2v) is 7.39. The minimum Gasteiger partial charge on any atom is -0.467 e. The molecule has 0 spiro atoms. The van der Waals surface area contributed by atoms with E-state index >= 15 is 0 Å². The number of ether oxygens (including phenoxy) is 1. The third-order valence-electron chi connectivity index (χ3n) is 4.76. The molecular weight excluding hydrogens is 424 g/mol. The molecule has 2 aromatic carbocycles. The Kier molecular flexibility index (Phi) is 6.14. The molecule has 1 aliphatic heterocycles. The fraction of sp³-hybridized carbons (Fsp3) is 0.286. The minimum absolute atomic E-state index is 0.0666. The zero-order chi connectivity index (χ0) is 20.3. The first kappa shape index (κ1) is 20.1. The highest BCUT2D eigenvalue weighted by atomic mass is 79.9. The third-order valence-corrected chi connectivity index (χ3v) is 5.29. The van der Waals surface area contributed by atoms with Gasteiger partial charge in [-0.2, -0.15) is 0 Å². The van der Waals surface area contributed by atoms with Gasteiger partial charge >= 0.3 is 5.97 Å². The molecule has 3 rings (SSSR count). The molecule has 146 valence electrons. The molecule has 2 amide bonds. The summed E-state index contributed by atoms with van der Waals surface area (Å²) in [4.78, 5) is 38.8. The standard InChI is InChI=1S/C21H21BrN2O4/c1-3-18(25)24-11-10-14-12-15(6-9-17(14)24)20(26)23-19(21(27)28-2)13-4-7-16(22)8-5-13/h4-9,12,19H,3,10-11H2,1-2H3,(H,23,26). The molecule has 1 heterocycles. The van der Waals surface area contributed by atoms with Crippen molar-refractivity contribution in [2.75, 3.05) is 18.6 Å². The average molecular weight is 445 g/mol. The summed E-state index contributed by atoms with van der Waals surface area (Å²) in [6, 6.07) is 11.4. The number of anilines is 1. The Hall–Kier alpha value is -2.67. The Bertz CT molecular complexity index is 911. The number of benzene rings is 2. The molecule has 1 unspecified atom stereocenters. The topological polar surface area (TPSA) is 75.7 Å². The van der Waals surface area contributed by atoms with Gasteiger partial charge in [-0.05, 0) is 47.9 Å². The molecule has 0 aliphatic carbocycles. The Morgan fingerprint density at radius 3 is 2.54 bits per heavy atom. The van der Waals surface area contributed by atoms with Crippen molar-refractivity contribution in [2.24, 2.45) is 0 Å². The largest absolute Gasteiger partial charge is 0.467 e. The summed E-state index contributed by atoms with van der Waals surface area (Å²) < 4.78 is 5.72. The molecule has 0 radical (unpaired) electrons. The number of amides is 2. The van der Waals surface area contributed by atoms with Gasteiger partial charge in [0, 0.05) is 28.7 Å². The predicted octanol–water partition coefficient (Wildman–Crippen LogP) is 3.39. The maximum Gasteiger partial charge on any atom is 0.333 e. The molecule has 28 heavy (non-hydrogen) atoms. The van der Waals surface area contributed by atoms with Crippen molar-refractivity contribution in [3.05, 3.63) is 63.6 Å². The smallest absolute Gasteiger partial charge is 0.333 e. The van der Waals surface area contributed by atoms with Crippen LogP contribution >= 0.6 is 15.9 Å². The molecule has 0 fully saturated rings. The third kappa shape index (κ3) is 4.09. The van der Waals surface area contributed by atoms with Gasteiger partial charge in [0.15, 0.2) is 6.04 Å².